The van der Waals surface area contributed by atoms with Crippen LogP contribution in [0.15, 0.2) is 24.3 Å². The van der Waals surface area contributed by atoms with Crippen LogP contribution in [0.25, 0.3) is 0 Å². The Kier molecular flexibility index (Phi) is 5.62. The smallest absolute Gasteiger partial charge is 0.253 e. The number of carbonyl (C=O) groups excluding carboxylic acids is 1. The highest BCUT2D eigenvalue weighted by Crippen LogP contribution is 2.24. The van der Waals surface area contributed by atoms with E-state index in [4.69, 9.17) is 4.74 Å². The van der Waals surface area contributed by atoms with Gasteiger partial charge in [0, 0.05) is 24.7 Å². The Hall–Kier alpha value is -1.55. The summed E-state index contributed by atoms with van der Waals surface area (Å²) < 4.78 is 5.13. The number of methoxy groups -OCH3 is 1. The summed E-state index contributed by atoms with van der Waals surface area (Å²) >= 11 is 0. The van der Waals surface area contributed by atoms with Crippen LogP contribution >= 0.6 is 0 Å². The topological polar surface area (TPSA) is 41.6 Å². The summed E-state index contributed by atoms with van der Waals surface area (Å²) in [6.45, 7) is 3.17. The summed E-state index contributed by atoms with van der Waals surface area (Å²) in [4.78, 5) is 14.4. The van der Waals surface area contributed by atoms with Gasteiger partial charge in [0.15, 0.2) is 0 Å². The lowest BCUT2D eigenvalue weighted by molar-refractivity contribution is 0.0684. The molecule has 0 aliphatic heterocycles. The van der Waals surface area contributed by atoms with E-state index in [1.165, 1.54) is 0 Å². The zero-order chi connectivity index (χ0) is 15.2. The van der Waals surface area contributed by atoms with Gasteiger partial charge in [-0.1, -0.05) is 6.92 Å². The van der Waals surface area contributed by atoms with Crippen molar-refractivity contribution in [1.82, 2.24) is 10.2 Å². The van der Waals surface area contributed by atoms with E-state index in [9.17, 15) is 4.79 Å². The molecule has 1 aromatic carbocycles. The van der Waals surface area contributed by atoms with Crippen LogP contribution in [0.1, 0.15) is 43.0 Å². The fraction of sp³-hybridized carbons (Fsp3) is 0.588. The van der Waals surface area contributed by atoms with E-state index < -0.39 is 0 Å². The Morgan fingerprint density at radius 3 is 2.38 bits per heavy atom. The Bertz CT molecular complexity index is 450. The number of nitrogens with zero attached hydrogens (tertiary/aromatic N) is 1. The van der Waals surface area contributed by atoms with Crippen molar-refractivity contribution in [2.75, 3.05) is 20.7 Å². The highest BCUT2D eigenvalue weighted by Gasteiger charge is 2.26. The van der Waals surface area contributed by atoms with Crippen LogP contribution in [-0.4, -0.2) is 43.6 Å². The Balaban J connectivity index is 1.93. The number of carbonyl (C=O) groups is 1. The molecule has 0 radical (unpaired) electrons. The molecular formula is C17H26N2O2. The molecule has 21 heavy (non-hydrogen) atoms. The minimum absolute atomic E-state index is 0.101. The molecule has 1 fully saturated rings. The van der Waals surface area contributed by atoms with Crippen molar-refractivity contribution in [1.29, 1.82) is 0 Å². The predicted molar refractivity (Wildman–Crippen MR) is 84.8 cm³/mol. The minimum atomic E-state index is 0.101. The molecule has 116 valence electrons. The molecule has 0 heterocycles. The van der Waals surface area contributed by atoms with Gasteiger partial charge in [0.2, 0.25) is 0 Å². The molecule has 1 aliphatic carbocycles. The van der Waals surface area contributed by atoms with E-state index in [1.807, 2.05) is 36.2 Å². The molecule has 1 aliphatic rings. The number of rotatable bonds is 5. The fourth-order valence-corrected chi connectivity index (χ4v) is 3.06. The van der Waals surface area contributed by atoms with Crippen molar-refractivity contribution in [3.05, 3.63) is 29.8 Å². The molecule has 0 saturated heterocycles. The average molecular weight is 290 g/mol. The van der Waals surface area contributed by atoms with Crippen LogP contribution in [0.4, 0.5) is 0 Å². The van der Waals surface area contributed by atoms with Gasteiger partial charge in [-0.15, -0.1) is 0 Å². The van der Waals surface area contributed by atoms with Crippen LogP contribution in [0.3, 0.4) is 0 Å². The van der Waals surface area contributed by atoms with Gasteiger partial charge in [-0.3, -0.25) is 4.79 Å². The first-order valence-corrected chi connectivity index (χ1v) is 7.80. The number of hydrogen-bond donors (Lipinski definition) is 1. The summed E-state index contributed by atoms with van der Waals surface area (Å²) in [6, 6.07) is 8.32. The maximum absolute atomic E-state index is 12.5. The van der Waals surface area contributed by atoms with Crippen LogP contribution in [-0.2, 0) is 0 Å². The summed E-state index contributed by atoms with van der Waals surface area (Å²) in [6.07, 6.45) is 4.46. The molecule has 0 spiro atoms. The summed E-state index contributed by atoms with van der Waals surface area (Å²) in [5.41, 5.74) is 0.729. The highest BCUT2D eigenvalue weighted by molar-refractivity contribution is 5.94. The van der Waals surface area contributed by atoms with Crippen LogP contribution in [0.2, 0.25) is 0 Å². The molecule has 1 amide bonds. The minimum Gasteiger partial charge on any atom is -0.497 e. The normalized spacial score (nSPS) is 21.9. The molecule has 0 bridgehead atoms. The molecule has 0 aromatic heterocycles. The Morgan fingerprint density at radius 2 is 1.86 bits per heavy atom. The predicted octanol–water partition coefficient (Wildman–Crippen LogP) is 2.69. The van der Waals surface area contributed by atoms with Crippen molar-refractivity contribution in [3.8, 4) is 5.75 Å². The van der Waals surface area contributed by atoms with Crippen molar-refractivity contribution >= 4 is 5.91 Å². The van der Waals surface area contributed by atoms with Gasteiger partial charge >= 0.3 is 0 Å². The number of hydrogen-bond acceptors (Lipinski definition) is 3. The van der Waals surface area contributed by atoms with E-state index in [-0.39, 0.29) is 5.91 Å². The van der Waals surface area contributed by atoms with E-state index in [2.05, 4.69) is 12.2 Å². The lowest BCUT2D eigenvalue weighted by Gasteiger charge is -2.35. The highest BCUT2D eigenvalue weighted by atomic mass is 16.5. The molecule has 2 rings (SSSR count). The van der Waals surface area contributed by atoms with E-state index in [0.717, 1.165) is 43.5 Å². The van der Waals surface area contributed by atoms with Crippen molar-refractivity contribution in [2.45, 2.75) is 44.7 Å². The van der Waals surface area contributed by atoms with Gasteiger partial charge in [-0.05, 0) is 56.5 Å². The average Bonchev–Trinajstić information content (AvgIpc) is 2.54. The summed E-state index contributed by atoms with van der Waals surface area (Å²) in [7, 11) is 3.55. The third-order valence-corrected chi connectivity index (χ3v) is 4.39. The molecule has 0 unspecified atom stereocenters. The summed E-state index contributed by atoms with van der Waals surface area (Å²) in [5, 5.41) is 3.50. The maximum Gasteiger partial charge on any atom is 0.253 e. The second-order valence-electron chi connectivity index (χ2n) is 5.71. The molecular weight excluding hydrogens is 264 g/mol. The molecule has 1 N–H and O–H groups in total. The van der Waals surface area contributed by atoms with Crippen LogP contribution in [0.5, 0.6) is 5.75 Å². The monoisotopic (exact) mass is 290 g/mol. The maximum atomic E-state index is 12.5. The van der Waals surface area contributed by atoms with Gasteiger partial charge in [0.1, 0.15) is 5.75 Å². The first-order valence-electron chi connectivity index (χ1n) is 7.80. The Morgan fingerprint density at radius 1 is 1.24 bits per heavy atom. The fourth-order valence-electron chi connectivity index (χ4n) is 3.06. The SMILES string of the molecule is CCNC1CCC(N(C)C(=O)c2ccc(OC)cc2)CC1. The van der Waals surface area contributed by atoms with Gasteiger partial charge in [0.25, 0.3) is 5.91 Å². The lowest BCUT2D eigenvalue weighted by Crippen LogP contribution is -2.43. The first-order chi connectivity index (χ1) is 10.2. The van der Waals surface area contributed by atoms with E-state index in [0.29, 0.717) is 12.1 Å². The molecule has 0 atom stereocenters. The quantitative estimate of drug-likeness (QED) is 0.906. The van der Waals surface area contributed by atoms with Crippen molar-refractivity contribution in [2.24, 2.45) is 0 Å². The molecule has 4 nitrogen and oxygen atoms in total. The summed E-state index contributed by atoms with van der Waals surface area (Å²) in [5.74, 6) is 0.880. The van der Waals surface area contributed by atoms with Gasteiger partial charge in [0.05, 0.1) is 7.11 Å². The second-order valence-corrected chi connectivity index (χ2v) is 5.71. The zero-order valence-corrected chi connectivity index (χ0v) is 13.3. The number of benzene rings is 1. The van der Waals surface area contributed by atoms with Crippen LogP contribution in [0, 0.1) is 0 Å². The van der Waals surface area contributed by atoms with Gasteiger partial charge in [-0.2, -0.15) is 0 Å². The van der Waals surface area contributed by atoms with Crippen molar-refractivity contribution in [3.63, 3.8) is 0 Å². The Labute approximate surface area is 127 Å². The number of nitrogens with one attached hydrogen (secondary N) is 1. The first kappa shape index (κ1) is 15.8. The number of amides is 1. The van der Waals surface area contributed by atoms with Gasteiger partial charge < -0.3 is 15.0 Å². The molecule has 1 aromatic rings. The van der Waals surface area contributed by atoms with E-state index >= 15 is 0 Å². The van der Waals surface area contributed by atoms with Crippen LogP contribution < -0.4 is 10.1 Å². The number of ether oxygens (including phenoxy) is 1. The largest absolute Gasteiger partial charge is 0.497 e. The lowest BCUT2D eigenvalue weighted by atomic mass is 9.90. The third-order valence-electron chi connectivity index (χ3n) is 4.39. The molecule has 1 saturated carbocycles. The van der Waals surface area contributed by atoms with Gasteiger partial charge in [-0.25, -0.2) is 0 Å². The standard InChI is InChI=1S/C17H26N2O2/c1-4-18-14-7-9-15(10-8-14)19(2)17(20)13-5-11-16(21-3)12-6-13/h5-6,11-12,14-15,18H,4,7-10H2,1-3H3. The third kappa shape index (κ3) is 3.97. The van der Waals surface area contributed by atoms with Crippen molar-refractivity contribution < 1.29 is 9.53 Å². The second kappa shape index (κ2) is 7.46. The zero-order valence-electron chi connectivity index (χ0n) is 13.3. The van der Waals surface area contributed by atoms with E-state index in [1.54, 1.807) is 7.11 Å². The molecule has 4 heteroatoms.